The lowest BCUT2D eigenvalue weighted by atomic mass is 10.2. The van der Waals surface area contributed by atoms with Crippen molar-refractivity contribution in [3.63, 3.8) is 0 Å². The molecule has 6 heteroatoms. The number of anilines is 1. The minimum absolute atomic E-state index is 0.152. The zero-order valence-electron chi connectivity index (χ0n) is 12.8. The molecule has 0 amide bonds. The average Bonchev–Trinajstić information content (AvgIpc) is 2.49. The van der Waals surface area contributed by atoms with Crippen LogP contribution in [0.15, 0.2) is 41.3 Å². The average molecular weight is 295 g/mol. The molecular formula is C16H17N5O. The molecule has 6 nitrogen and oxygen atoms in total. The Hall–Kier alpha value is -2.76. The van der Waals surface area contributed by atoms with Crippen molar-refractivity contribution in [2.24, 2.45) is 0 Å². The Kier molecular flexibility index (Phi) is 3.58. The van der Waals surface area contributed by atoms with Crippen LogP contribution in [0.3, 0.4) is 0 Å². The van der Waals surface area contributed by atoms with Crippen LogP contribution >= 0.6 is 0 Å². The summed E-state index contributed by atoms with van der Waals surface area (Å²) in [7, 11) is 3.75. The van der Waals surface area contributed by atoms with Gasteiger partial charge in [0.05, 0.1) is 40.9 Å². The van der Waals surface area contributed by atoms with Crippen molar-refractivity contribution >= 4 is 16.7 Å². The van der Waals surface area contributed by atoms with Gasteiger partial charge in [-0.3, -0.25) is 4.79 Å². The summed E-state index contributed by atoms with van der Waals surface area (Å²) in [5, 5.41) is 4.21. The second kappa shape index (κ2) is 5.55. The van der Waals surface area contributed by atoms with Gasteiger partial charge in [0.2, 0.25) is 0 Å². The van der Waals surface area contributed by atoms with Crippen molar-refractivity contribution in [3.05, 3.63) is 58.3 Å². The molecule has 0 unspecified atom stereocenters. The fourth-order valence-corrected chi connectivity index (χ4v) is 2.20. The van der Waals surface area contributed by atoms with Crippen LogP contribution in [0.2, 0.25) is 0 Å². The highest BCUT2D eigenvalue weighted by Crippen LogP contribution is 2.13. The van der Waals surface area contributed by atoms with Gasteiger partial charge in [0.15, 0.2) is 0 Å². The monoisotopic (exact) mass is 295 g/mol. The number of hydrogen-bond donors (Lipinski definition) is 0. The fourth-order valence-electron chi connectivity index (χ4n) is 2.20. The van der Waals surface area contributed by atoms with Crippen molar-refractivity contribution in [3.8, 4) is 0 Å². The number of fused-ring (bicyclic) bond motifs is 1. The molecule has 0 fully saturated rings. The van der Waals surface area contributed by atoms with Gasteiger partial charge < -0.3 is 4.90 Å². The first-order valence-electron chi connectivity index (χ1n) is 7.01. The minimum atomic E-state index is -0.152. The lowest BCUT2D eigenvalue weighted by Gasteiger charge is -2.13. The second-order valence-corrected chi connectivity index (χ2v) is 5.35. The van der Waals surface area contributed by atoms with Crippen LogP contribution in [-0.2, 0) is 6.54 Å². The molecule has 0 aliphatic rings. The zero-order valence-corrected chi connectivity index (χ0v) is 12.8. The van der Waals surface area contributed by atoms with E-state index in [0.29, 0.717) is 6.54 Å². The Morgan fingerprint density at radius 2 is 1.82 bits per heavy atom. The molecule has 2 heterocycles. The van der Waals surface area contributed by atoms with Crippen LogP contribution in [-0.4, -0.2) is 33.8 Å². The van der Waals surface area contributed by atoms with Crippen molar-refractivity contribution in [2.45, 2.75) is 13.5 Å². The van der Waals surface area contributed by atoms with Crippen LogP contribution in [0.4, 0.5) is 5.69 Å². The third kappa shape index (κ3) is 2.67. The molecular weight excluding hydrogens is 278 g/mol. The molecule has 0 saturated heterocycles. The summed E-state index contributed by atoms with van der Waals surface area (Å²) >= 11 is 0. The summed E-state index contributed by atoms with van der Waals surface area (Å²) in [6.07, 6.45) is 1.67. The second-order valence-electron chi connectivity index (χ2n) is 5.35. The summed E-state index contributed by atoms with van der Waals surface area (Å²) in [4.78, 5) is 23.1. The Labute approximate surface area is 128 Å². The highest BCUT2D eigenvalue weighted by Gasteiger charge is 2.08. The first-order chi connectivity index (χ1) is 10.5. The van der Waals surface area contributed by atoms with E-state index < -0.39 is 0 Å². The lowest BCUT2D eigenvalue weighted by molar-refractivity contribution is 0.624. The number of aryl methyl sites for hydroxylation is 1. The van der Waals surface area contributed by atoms with Crippen molar-refractivity contribution < 1.29 is 0 Å². The van der Waals surface area contributed by atoms with Gasteiger partial charge in [-0.2, -0.15) is 5.10 Å². The Morgan fingerprint density at radius 3 is 2.45 bits per heavy atom. The summed E-state index contributed by atoms with van der Waals surface area (Å²) in [6, 6.07) is 9.26. The first-order valence-corrected chi connectivity index (χ1v) is 7.01. The summed E-state index contributed by atoms with van der Waals surface area (Å²) in [5.74, 6) is 0. The van der Waals surface area contributed by atoms with Crippen molar-refractivity contribution in [2.75, 3.05) is 19.0 Å². The van der Waals surface area contributed by atoms with Gasteiger partial charge in [0.25, 0.3) is 5.56 Å². The van der Waals surface area contributed by atoms with Gasteiger partial charge in [-0.1, -0.05) is 12.1 Å². The maximum Gasteiger partial charge on any atom is 0.269 e. The third-order valence-corrected chi connectivity index (χ3v) is 3.51. The van der Waals surface area contributed by atoms with E-state index in [-0.39, 0.29) is 5.56 Å². The molecule has 0 N–H and O–H groups in total. The summed E-state index contributed by atoms with van der Waals surface area (Å²) in [5.41, 5.74) is 3.87. The van der Waals surface area contributed by atoms with Crippen molar-refractivity contribution in [1.29, 1.82) is 0 Å². The molecule has 0 radical (unpaired) electrons. The van der Waals surface area contributed by atoms with E-state index in [1.807, 2.05) is 50.2 Å². The van der Waals surface area contributed by atoms with Gasteiger partial charge in [-0.05, 0) is 19.1 Å². The smallest absolute Gasteiger partial charge is 0.269 e. The van der Waals surface area contributed by atoms with E-state index in [1.165, 1.54) is 4.68 Å². The Bertz CT molecular complexity index is 885. The molecule has 0 aliphatic heterocycles. The molecule has 3 rings (SSSR count). The van der Waals surface area contributed by atoms with Crippen LogP contribution in [0.1, 0.15) is 11.4 Å². The number of aromatic nitrogens is 4. The van der Waals surface area contributed by atoms with Gasteiger partial charge in [-0.25, -0.2) is 14.6 Å². The SMILES string of the molecule is Cc1nc2ccccc2nc1Cn1ncc(N(C)C)cc1=O. The molecule has 0 atom stereocenters. The van der Waals surface area contributed by atoms with Crippen LogP contribution in [0.5, 0.6) is 0 Å². The van der Waals surface area contributed by atoms with E-state index in [9.17, 15) is 4.79 Å². The number of nitrogens with zero attached hydrogens (tertiary/aromatic N) is 5. The summed E-state index contributed by atoms with van der Waals surface area (Å²) < 4.78 is 1.40. The van der Waals surface area contributed by atoms with Gasteiger partial charge >= 0.3 is 0 Å². The standard InChI is InChI=1S/C16H17N5O/c1-11-15(19-14-7-5-4-6-13(14)18-11)10-21-16(22)8-12(9-17-21)20(2)3/h4-9H,10H2,1-3H3. The normalized spacial score (nSPS) is 10.9. The molecule has 1 aromatic carbocycles. The third-order valence-electron chi connectivity index (χ3n) is 3.51. The quantitative estimate of drug-likeness (QED) is 0.734. The highest BCUT2D eigenvalue weighted by atomic mass is 16.1. The predicted octanol–water partition coefficient (Wildman–Crippen LogP) is 1.61. The number of benzene rings is 1. The maximum absolute atomic E-state index is 12.1. The molecule has 112 valence electrons. The predicted molar refractivity (Wildman–Crippen MR) is 86.2 cm³/mol. The Balaban J connectivity index is 1.99. The maximum atomic E-state index is 12.1. The molecule has 3 aromatic rings. The largest absolute Gasteiger partial charge is 0.376 e. The van der Waals surface area contributed by atoms with E-state index >= 15 is 0 Å². The number of para-hydroxylation sites is 2. The van der Waals surface area contributed by atoms with Gasteiger partial charge in [-0.15, -0.1) is 0 Å². The van der Waals surface area contributed by atoms with Crippen molar-refractivity contribution in [1.82, 2.24) is 19.7 Å². The zero-order chi connectivity index (χ0) is 15.7. The van der Waals surface area contributed by atoms with Gasteiger partial charge in [0, 0.05) is 20.2 Å². The molecule has 2 aromatic heterocycles. The van der Waals surface area contributed by atoms with E-state index in [0.717, 1.165) is 28.1 Å². The number of rotatable bonds is 3. The molecule has 0 spiro atoms. The summed E-state index contributed by atoms with van der Waals surface area (Å²) in [6.45, 7) is 2.21. The fraction of sp³-hybridized carbons (Fsp3) is 0.250. The molecule has 0 bridgehead atoms. The number of hydrogen-bond acceptors (Lipinski definition) is 5. The van der Waals surface area contributed by atoms with E-state index in [1.54, 1.807) is 12.3 Å². The van der Waals surface area contributed by atoms with Crippen LogP contribution in [0.25, 0.3) is 11.0 Å². The van der Waals surface area contributed by atoms with Gasteiger partial charge in [0.1, 0.15) is 0 Å². The van der Waals surface area contributed by atoms with E-state index in [2.05, 4.69) is 15.1 Å². The minimum Gasteiger partial charge on any atom is -0.376 e. The Morgan fingerprint density at radius 1 is 1.14 bits per heavy atom. The topological polar surface area (TPSA) is 63.9 Å². The highest BCUT2D eigenvalue weighted by molar-refractivity contribution is 5.74. The first kappa shape index (κ1) is 14.2. The molecule has 0 saturated carbocycles. The van der Waals surface area contributed by atoms with Crippen LogP contribution in [0, 0.1) is 6.92 Å². The lowest BCUT2D eigenvalue weighted by Crippen LogP contribution is -2.25. The van der Waals surface area contributed by atoms with Crippen LogP contribution < -0.4 is 10.5 Å². The molecule has 22 heavy (non-hydrogen) atoms. The van der Waals surface area contributed by atoms with E-state index in [4.69, 9.17) is 0 Å². The molecule has 0 aliphatic carbocycles.